The van der Waals surface area contributed by atoms with Crippen molar-refractivity contribution in [3.63, 3.8) is 0 Å². The molecule has 0 atom stereocenters. The van der Waals surface area contributed by atoms with Crippen molar-refractivity contribution in [1.29, 1.82) is 0 Å². The number of carbonyl (C=O) groups is 1. The summed E-state index contributed by atoms with van der Waals surface area (Å²) in [6.07, 6.45) is 1.53. The van der Waals surface area contributed by atoms with Crippen molar-refractivity contribution < 1.29 is 13.2 Å². The Morgan fingerprint density at radius 2 is 1.93 bits per heavy atom. The van der Waals surface area contributed by atoms with Gasteiger partial charge in [-0.25, -0.2) is 9.71 Å². The maximum atomic E-state index is 12.5. The number of fused-ring (bicyclic) bond motifs is 1. The van der Waals surface area contributed by atoms with Crippen LogP contribution in [0.15, 0.2) is 36.4 Å². The highest BCUT2D eigenvalue weighted by Crippen LogP contribution is 2.25. The second-order valence-electron chi connectivity index (χ2n) is 6.87. The van der Waals surface area contributed by atoms with E-state index in [1.807, 2.05) is 29.2 Å². The lowest BCUT2D eigenvalue weighted by molar-refractivity contribution is 0.0981. The van der Waals surface area contributed by atoms with Gasteiger partial charge in [-0.1, -0.05) is 42.6 Å². The molecule has 0 spiro atoms. The number of amides is 1. The molecule has 1 aromatic heterocycles. The van der Waals surface area contributed by atoms with Gasteiger partial charge in [0.05, 0.1) is 17.6 Å². The fourth-order valence-corrected chi connectivity index (χ4v) is 4.32. The van der Waals surface area contributed by atoms with Crippen LogP contribution in [0.3, 0.4) is 0 Å². The molecule has 2 aromatic carbocycles. The van der Waals surface area contributed by atoms with Crippen LogP contribution in [0, 0.1) is 6.92 Å². The number of carbonyl (C=O) groups excluding carboxylic acids is 1. The van der Waals surface area contributed by atoms with Crippen LogP contribution in [0.5, 0.6) is 0 Å². The second-order valence-corrected chi connectivity index (χ2v) is 9.21. The molecular formula is C20H22Cl2N4O3S. The summed E-state index contributed by atoms with van der Waals surface area (Å²) in [6, 6.07) is 10.1. The van der Waals surface area contributed by atoms with E-state index in [1.54, 1.807) is 30.3 Å². The number of aromatic nitrogens is 2. The minimum Gasteiger partial charge on any atom is -0.324 e. The predicted molar refractivity (Wildman–Crippen MR) is 119 cm³/mol. The molecule has 0 fully saturated rings. The average Bonchev–Trinajstić information content (AvgIpc) is 2.98. The van der Waals surface area contributed by atoms with Crippen molar-refractivity contribution >= 4 is 50.4 Å². The molecule has 1 amide bonds. The molecular weight excluding hydrogens is 447 g/mol. The monoisotopic (exact) mass is 468 g/mol. The lowest BCUT2D eigenvalue weighted by atomic mass is 10.2. The van der Waals surface area contributed by atoms with Gasteiger partial charge in [-0.3, -0.25) is 4.79 Å². The molecule has 0 bridgehead atoms. The van der Waals surface area contributed by atoms with Gasteiger partial charge < -0.3 is 4.57 Å². The highest BCUT2D eigenvalue weighted by atomic mass is 35.5. The topological polar surface area (TPSA) is 93.1 Å². The Bertz CT molecular complexity index is 1190. The summed E-state index contributed by atoms with van der Waals surface area (Å²) in [6.45, 7) is 4.50. The van der Waals surface area contributed by atoms with E-state index in [0.717, 1.165) is 17.8 Å². The zero-order chi connectivity index (χ0) is 21.9. The normalized spacial score (nSPS) is 11.7. The lowest BCUT2D eigenvalue weighted by Crippen LogP contribution is -2.40. The summed E-state index contributed by atoms with van der Waals surface area (Å²) in [5, 5.41) is 1.07. The van der Waals surface area contributed by atoms with E-state index in [4.69, 9.17) is 23.2 Å². The first kappa shape index (κ1) is 22.6. The number of rotatable bonds is 8. The molecule has 3 rings (SSSR count). The van der Waals surface area contributed by atoms with Crippen LogP contribution in [0.2, 0.25) is 10.0 Å². The Morgan fingerprint density at radius 3 is 2.63 bits per heavy atom. The second kappa shape index (κ2) is 9.34. The quantitative estimate of drug-likeness (QED) is 0.487. The Balaban J connectivity index is 1.88. The molecule has 2 N–H and O–H groups in total. The van der Waals surface area contributed by atoms with Crippen LogP contribution in [0.25, 0.3) is 11.0 Å². The van der Waals surface area contributed by atoms with E-state index in [9.17, 15) is 13.2 Å². The standard InChI is InChI=1S/C20H22Cl2N4O3S/c1-3-4-9-23-30(28,29)25-20(27)14-6-8-18-19(10-14)26(13(2)24-18)12-15-5-7-16(21)11-17(15)22/h5-8,10-11,23H,3-4,9,12H2,1-2H3,(H,25,27). The third-order valence-electron chi connectivity index (χ3n) is 4.59. The zero-order valence-electron chi connectivity index (χ0n) is 16.6. The number of unbranched alkanes of at least 4 members (excludes halogenated alkanes) is 1. The van der Waals surface area contributed by atoms with E-state index in [-0.39, 0.29) is 12.1 Å². The molecule has 0 aliphatic heterocycles. The van der Waals surface area contributed by atoms with Gasteiger partial charge in [0.25, 0.3) is 5.91 Å². The number of nitrogens with one attached hydrogen (secondary N) is 2. The van der Waals surface area contributed by atoms with Gasteiger partial charge in [-0.15, -0.1) is 0 Å². The van der Waals surface area contributed by atoms with Gasteiger partial charge in [0.1, 0.15) is 5.82 Å². The molecule has 0 saturated carbocycles. The highest BCUT2D eigenvalue weighted by Gasteiger charge is 2.17. The van der Waals surface area contributed by atoms with E-state index >= 15 is 0 Å². The molecule has 7 nitrogen and oxygen atoms in total. The first-order valence-corrected chi connectivity index (χ1v) is 11.7. The highest BCUT2D eigenvalue weighted by molar-refractivity contribution is 7.88. The molecule has 0 aliphatic carbocycles. The maximum absolute atomic E-state index is 12.5. The van der Waals surface area contributed by atoms with E-state index in [0.29, 0.717) is 34.0 Å². The molecule has 3 aromatic rings. The average molecular weight is 469 g/mol. The molecule has 0 aliphatic rings. The summed E-state index contributed by atoms with van der Waals surface area (Å²) in [5.74, 6) is 0.0262. The fraction of sp³-hybridized carbons (Fsp3) is 0.300. The van der Waals surface area contributed by atoms with Gasteiger partial charge in [0, 0.05) is 22.2 Å². The molecule has 0 radical (unpaired) electrons. The van der Waals surface area contributed by atoms with Crippen molar-refractivity contribution in [1.82, 2.24) is 19.0 Å². The Kier molecular flexibility index (Phi) is 7.02. The first-order chi connectivity index (χ1) is 14.2. The Morgan fingerprint density at radius 1 is 1.17 bits per heavy atom. The third-order valence-corrected chi connectivity index (χ3v) is 6.22. The first-order valence-electron chi connectivity index (χ1n) is 9.42. The van der Waals surface area contributed by atoms with Crippen LogP contribution in [-0.4, -0.2) is 30.4 Å². The number of halogens is 2. The molecule has 1 heterocycles. The maximum Gasteiger partial charge on any atom is 0.301 e. The van der Waals surface area contributed by atoms with Crippen LogP contribution in [0.1, 0.15) is 41.5 Å². The molecule has 30 heavy (non-hydrogen) atoms. The van der Waals surface area contributed by atoms with E-state index in [1.165, 1.54) is 0 Å². The Labute approximate surface area is 185 Å². The summed E-state index contributed by atoms with van der Waals surface area (Å²) in [7, 11) is -3.92. The fourth-order valence-electron chi connectivity index (χ4n) is 3.00. The summed E-state index contributed by atoms with van der Waals surface area (Å²) < 4.78 is 30.4. The zero-order valence-corrected chi connectivity index (χ0v) is 18.9. The van der Waals surface area contributed by atoms with Crippen molar-refractivity contribution in [2.24, 2.45) is 0 Å². The van der Waals surface area contributed by atoms with Gasteiger partial charge in [-0.2, -0.15) is 13.1 Å². The number of benzene rings is 2. The van der Waals surface area contributed by atoms with Gasteiger partial charge in [-0.05, 0) is 49.2 Å². The van der Waals surface area contributed by atoms with Crippen LogP contribution in [0.4, 0.5) is 0 Å². The van der Waals surface area contributed by atoms with E-state index < -0.39 is 16.1 Å². The van der Waals surface area contributed by atoms with Gasteiger partial charge in [0.2, 0.25) is 0 Å². The van der Waals surface area contributed by atoms with Crippen LogP contribution >= 0.6 is 23.2 Å². The number of aryl methyl sites for hydroxylation is 1. The number of imidazole rings is 1. The summed E-state index contributed by atoms with van der Waals surface area (Å²) >= 11 is 12.3. The van der Waals surface area contributed by atoms with Crippen molar-refractivity contribution in [2.75, 3.05) is 6.54 Å². The third kappa shape index (κ3) is 5.31. The Hall–Kier alpha value is -2.13. The number of hydrogen-bond acceptors (Lipinski definition) is 4. The van der Waals surface area contributed by atoms with Crippen molar-refractivity contribution in [3.05, 3.63) is 63.4 Å². The minimum atomic E-state index is -3.92. The molecule has 0 unspecified atom stereocenters. The van der Waals surface area contributed by atoms with Crippen molar-refractivity contribution in [3.8, 4) is 0 Å². The molecule has 0 saturated heterocycles. The number of nitrogens with zero attached hydrogens (tertiary/aromatic N) is 2. The predicted octanol–water partition coefficient (Wildman–Crippen LogP) is 4.06. The van der Waals surface area contributed by atoms with Crippen LogP contribution in [-0.2, 0) is 16.8 Å². The summed E-state index contributed by atoms with van der Waals surface area (Å²) in [4.78, 5) is 17.0. The van der Waals surface area contributed by atoms with Crippen LogP contribution < -0.4 is 9.44 Å². The van der Waals surface area contributed by atoms with E-state index in [2.05, 4.69) is 9.71 Å². The SMILES string of the molecule is CCCCNS(=O)(=O)NC(=O)c1ccc2nc(C)n(Cc3ccc(Cl)cc3Cl)c2c1. The van der Waals surface area contributed by atoms with Gasteiger partial charge >= 0.3 is 10.2 Å². The molecule has 160 valence electrons. The largest absolute Gasteiger partial charge is 0.324 e. The smallest absolute Gasteiger partial charge is 0.301 e. The number of hydrogen-bond donors (Lipinski definition) is 2. The van der Waals surface area contributed by atoms with Crippen molar-refractivity contribution in [2.45, 2.75) is 33.2 Å². The minimum absolute atomic E-state index is 0.215. The lowest BCUT2D eigenvalue weighted by Gasteiger charge is -2.11. The molecule has 10 heteroatoms. The summed E-state index contributed by atoms with van der Waals surface area (Å²) in [5.41, 5.74) is 2.45. The van der Waals surface area contributed by atoms with Gasteiger partial charge in [0.15, 0.2) is 0 Å².